The van der Waals surface area contributed by atoms with E-state index in [1.54, 1.807) is 24.4 Å². The molecular formula is C18H22N4O3. The van der Waals surface area contributed by atoms with E-state index in [0.29, 0.717) is 19.5 Å². The van der Waals surface area contributed by atoms with Crippen LogP contribution < -0.4 is 0 Å². The molecule has 1 aliphatic rings. The summed E-state index contributed by atoms with van der Waals surface area (Å²) in [6, 6.07) is 4.91. The van der Waals surface area contributed by atoms with Crippen molar-refractivity contribution < 1.29 is 14.7 Å². The van der Waals surface area contributed by atoms with Gasteiger partial charge in [-0.15, -0.1) is 0 Å². The van der Waals surface area contributed by atoms with Crippen molar-refractivity contribution in [3.63, 3.8) is 0 Å². The Hall–Kier alpha value is -2.67. The number of nitrogens with zero attached hydrogens (tertiary/aromatic N) is 3. The predicted molar refractivity (Wildman–Crippen MR) is 92.3 cm³/mol. The fourth-order valence-corrected chi connectivity index (χ4v) is 3.05. The number of aromatic carboxylic acids is 1. The largest absolute Gasteiger partial charge is 0.478 e. The fraction of sp³-hybridized carbons (Fsp3) is 0.389. The quantitative estimate of drug-likeness (QED) is 0.855. The summed E-state index contributed by atoms with van der Waals surface area (Å²) in [6.07, 6.45) is 3.87. The van der Waals surface area contributed by atoms with Crippen molar-refractivity contribution in [1.29, 1.82) is 0 Å². The highest BCUT2D eigenvalue weighted by atomic mass is 16.4. The second-order valence-corrected chi connectivity index (χ2v) is 6.32. The molecule has 0 radical (unpaired) electrons. The van der Waals surface area contributed by atoms with Crippen LogP contribution in [0.2, 0.25) is 0 Å². The number of imidazole rings is 1. The molecule has 0 saturated carbocycles. The van der Waals surface area contributed by atoms with Crippen LogP contribution >= 0.6 is 0 Å². The highest BCUT2D eigenvalue weighted by Gasteiger charge is 2.22. The first-order valence-corrected chi connectivity index (χ1v) is 8.34. The van der Waals surface area contributed by atoms with Gasteiger partial charge in [0, 0.05) is 38.6 Å². The van der Waals surface area contributed by atoms with Crippen LogP contribution in [0.4, 0.5) is 0 Å². The van der Waals surface area contributed by atoms with Crippen molar-refractivity contribution in [1.82, 2.24) is 19.8 Å². The third-order valence-electron chi connectivity index (χ3n) is 4.58. The number of nitrogens with one attached hydrogen (secondary N) is 1. The number of amides is 1. The number of aromatic amines is 1. The number of aryl methyl sites for hydroxylation is 1. The molecule has 0 spiro atoms. The second-order valence-electron chi connectivity index (χ2n) is 6.32. The topological polar surface area (TPSA) is 89.5 Å². The lowest BCUT2D eigenvalue weighted by Crippen LogP contribution is -2.48. The minimum Gasteiger partial charge on any atom is -0.478 e. The monoisotopic (exact) mass is 342 g/mol. The second kappa shape index (κ2) is 7.48. The smallest absolute Gasteiger partial charge is 0.335 e. The fourth-order valence-electron chi connectivity index (χ4n) is 3.05. The minimum atomic E-state index is -0.950. The number of carbonyl (C=O) groups excluding carboxylic acids is 1. The SMILES string of the molecule is Cc1cc(C(=O)O)ccc1CC(=O)N1CCN(Cc2ncc[nH]2)CC1. The summed E-state index contributed by atoms with van der Waals surface area (Å²) in [5.74, 6) is 0.0754. The maximum Gasteiger partial charge on any atom is 0.335 e. The minimum absolute atomic E-state index is 0.0869. The zero-order valence-electron chi connectivity index (χ0n) is 14.2. The zero-order chi connectivity index (χ0) is 17.8. The molecule has 2 N–H and O–H groups in total. The molecule has 1 amide bonds. The Balaban J connectivity index is 1.53. The van der Waals surface area contributed by atoms with E-state index in [1.165, 1.54) is 0 Å². The number of hydrogen-bond donors (Lipinski definition) is 2. The van der Waals surface area contributed by atoms with Gasteiger partial charge in [0.2, 0.25) is 5.91 Å². The Morgan fingerprint density at radius 3 is 2.60 bits per heavy atom. The van der Waals surface area contributed by atoms with E-state index >= 15 is 0 Å². The van der Waals surface area contributed by atoms with Gasteiger partial charge < -0.3 is 15.0 Å². The van der Waals surface area contributed by atoms with E-state index in [2.05, 4.69) is 14.9 Å². The number of rotatable bonds is 5. The van der Waals surface area contributed by atoms with Crippen LogP contribution in [0.1, 0.15) is 27.3 Å². The molecule has 2 heterocycles. The molecular weight excluding hydrogens is 320 g/mol. The Labute approximate surface area is 146 Å². The number of hydrogen-bond acceptors (Lipinski definition) is 4. The average molecular weight is 342 g/mol. The van der Waals surface area contributed by atoms with Crippen LogP contribution in [0.3, 0.4) is 0 Å². The standard InChI is InChI=1S/C18H22N4O3/c1-13-10-15(18(24)25)3-2-14(13)11-17(23)22-8-6-21(7-9-22)12-16-19-4-5-20-16/h2-5,10H,6-9,11-12H2,1H3,(H,19,20)(H,24,25). The summed E-state index contributed by atoms with van der Waals surface area (Å²) >= 11 is 0. The summed E-state index contributed by atoms with van der Waals surface area (Å²) in [4.78, 5) is 35.0. The molecule has 1 aromatic heterocycles. The molecule has 1 saturated heterocycles. The Morgan fingerprint density at radius 2 is 2.00 bits per heavy atom. The number of piperazine rings is 1. The zero-order valence-corrected chi connectivity index (χ0v) is 14.2. The number of aromatic nitrogens is 2. The van der Waals surface area contributed by atoms with Gasteiger partial charge in [0.05, 0.1) is 18.5 Å². The van der Waals surface area contributed by atoms with Crippen LogP contribution in [0.25, 0.3) is 0 Å². The summed E-state index contributed by atoms with van der Waals surface area (Å²) in [6.45, 7) is 5.66. The first kappa shape index (κ1) is 17.2. The molecule has 25 heavy (non-hydrogen) atoms. The molecule has 1 aromatic carbocycles. The molecule has 0 aliphatic carbocycles. The number of benzene rings is 1. The van der Waals surface area contributed by atoms with E-state index in [-0.39, 0.29) is 11.5 Å². The van der Waals surface area contributed by atoms with Crippen LogP contribution in [0.5, 0.6) is 0 Å². The van der Waals surface area contributed by atoms with Gasteiger partial charge in [0.1, 0.15) is 5.82 Å². The molecule has 0 unspecified atom stereocenters. The highest BCUT2D eigenvalue weighted by molar-refractivity contribution is 5.88. The van der Waals surface area contributed by atoms with Crippen LogP contribution in [0.15, 0.2) is 30.6 Å². The van der Waals surface area contributed by atoms with Gasteiger partial charge in [0.25, 0.3) is 0 Å². The molecule has 0 atom stereocenters. The van der Waals surface area contributed by atoms with Gasteiger partial charge in [-0.25, -0.2) is 9.78 Å². The molecule has 1 aliphatic heterocycles. The van der Waals surface area contributed by atoms with Gasteiger partial charge in [0.15, 0.2) is 0 Å². The van der Waals surface area contributed by atoms with E-state index in [9.17, 15) is 9.59 Å². The van der Waals surface area contributed by atoms with Crippen molar-refractivity contribution in [3.05, 3.63) is 53.1 Å². The lowest BCUT2D eigenvalue weighted by molar-refractivity contribution is -0.132. The van der Waals surface area contributed by atoms with Crippen molar-refractivity contribution in [2.45, 2.75) is 19.9 Å². The molecule has 3 rings (SSSR count). The Kier molecular flexibility index (Phi) is 5.14. The number of carboxylic acid groups (broad SMARTS) is 1. The normalized spacial score (nSPS) is 15.3. The van der Waals surface area contributed by atoms with Crippen LogP contribution in [0, 0.1) is 6.92 Å². The maximum atomic E-state index is 12.5. The van der Waals surface area contributed by atoms with Crippen molar-refractivity contribution >= 4 is 11.9 Å². The first-order valence-electron chi connectivity index (χ1n) is 8.34. The van der Waals surface area contributed by atoms with Gasteiger partial charge >= 0.3 is 5.97 Å². The first-order chi connectivity index (χ1) is 12.0. The number of carboxylic acids is 1. The van der Waals surface area contributed by atoms with E-state index in [0.717, 1.165) is 36.6 Å². The molecule has 132 valence electrons. The van der Waals surface area contributed by atoms with Gasteiger partial charge in [-0.05, 0) is 30.2 Å². The van der Waals surface area contributed by atoms with Crippen molar-refractivity contribution in [3.8, 4) is 0 Å². The molecule has 2 aromatic rings. The Morgan fingerprint density at radius 1 is 1.24 bits per heavy atom. The predicted octanol–water partition coefficient (Wildman–Crippen LogP) is 1.30. The molecule has 0 bridgehead atoms. The van der Waals surface area contributed by atoms with Gasteiger partial charge in [-0.2, -0.15) is 0 Å². The molecule has 7 nitrogen and oxygen atoms in total. The van der Waals surface area contributed by atoms with E-state index in [4.69, 9.17) is 5.11 Å². The third kappa shape index (κ3) is 4.24. The van der Waals surface area contributed by atoms with Gasteiger partial charge in [-0.1, -0.05) is 6.07 Å². The van der Waals surface area contributed by atoms with Crippen molar-refractivity contribution in [2.24, 2.45) is 0 Å². The van der Waals surface area contributed by atoms with Crippen molar-refractivity contribution in [2.75, 3.05) is 26.2 Å². The number of H-pyrrole nitrogens is 1. The molecule has 7 heteroatoms. The highest BCUT2D eigenvalue weighted by Crippen LogP contribution is 2.14. The van der Waals surface area contributed by atoms with Crippen LogP contribution in [-0.4, -0.2) is 62.9 Å². The van der Waals surface area contributed by atoms with E-state index < -0.39 is 5.97 Å². The van der Waals surface area contributed by atoms with E-state index in [1.807, 2.05) is 18.0 Å². The van der Waals surface area contributed by atoms with Gasteiger partial charge in [-0.3, -0.25) is 9.69 Å². The lowest BCUT2D eigenvalue weighted by Gasteiger charge is -2.34. The summed E-state index contributed by atoms with van der Waals surface area (Å²) in [5.41, 5.74) is 1.97. The summed E-state index contributed by atoms with van der Waals surface area (Å²) in [7, 11) is 0. The maximum absolute atomic E-state index is 12.5. The number of carbonyl (C=O) groups is 2. The average Bonchev–Trinajstić information content (AvgIpc) is 3.10. The summed E-state index contributed by atoms with van der Waals surface area (Å²) in [5, 5.41) is 9.02. The Bertz CT molecular complexity index is 750. The lowest BCUT2D eigenvalue weighted by atomic mass is 10.0. The van der Waals surface area contributed by atoms with Crippen LogP contribution in [-0.2, 0) is 17.8 Å². The summed E-state index contributed by atoms with van der Waals surface area (Å²) < 4.78 is 0. The molecule has 1 fully saturated rings. The third-order valence-corrected chi connectivity index (χ3v) is 4.58.